The molecule has 0 radical (unpaired) electrons. The van der Waals surface area contributed by atoms with E-state index in [4.69, 9.17) is 9.47 Å². The topological polar surface area (TPSA) is 134 Å². The van der Waals surface area contributed by atoms with Gasteiger partial charge in [-0.2, -0.15) is 0 Å². The number of phenols is 1. The molecule has 0 saturated heterocycles. The summed E-state index contributed by atoms with van der Waals surface area (Å²) in [6, 6.07) is 4.07. The molecule has 38 heavy (non-hydrogen) atoms. The lowest BCUT2D eigenvalue weighted by molar-refractivity contribution is -0.145. The first-order chi connectivity index (χ1) is 17.8. The number of benzene rings is 1. The highest BCUT2D eigenvalue weighted by Gasteiger charge is 2.37. The number of carbonyl (C=O) groups is 4. The third-order valence-corrected chi connectivity index (χ3v) is 5.89. The smallest absolute Gasteiger partial charge is 0.408 e. The Morgan fingerprint density at radius 1 is 1.05 bits per heavy atom. The molecular formula is C28H45N3O7. The fraction of sp³-hybridized carbons (Fsp3) is 0.643. The Bertz CT molecular complexity index is 912. The van der Waals surface area contributed by atoms with Crippen molar-refractivity contribution < 1.29 is 33.8 Å². The van der Waals surface area contributed by atoms with Crippen molar-refractivity contribution in [2.24, 2.45) is 5.92 Å². The van der Waals surface area contributed by atoms with Crippen molar-refractivity contribution in [3.05, 3.63) is 29.8 Å². The summed E-state index contributed by atoms with van der Waals surface area (Å²) in [5.41, 5.74) is -0.261. The van der Waals surface area contributed by atoms with Crippen molar-refractivity contribution in [1.82, 2.24) is 15.5 Å². The van der Waals surface area contributed by atoms with Gasteiger partial charge in [-0.3, -0.25) is 14.4 Å². The second-order valence-electron chi connectivity index (χ2n) is 10.2. The fourth-order valence-electron chi connectivity index (χ4n) is 3.74. The van der Waals surface area contributed by atoms with Gasteiger partial charge in [0.1, 0.15) is 23.4 Å². The number of nitrogens with one attached hydrogen (secondary N) is 2. The minimum absolute atomic E-state index is 0.0134. The zero-order chi connectivity index (χ0) is 28.9. The second-order valence-corrected chi connectivity index (χ2v) is 10.2. The fourth-order valence-corrected chi connectivity index (χ4v) is 3.74. The van der Waals surface area contributed by atoms with Crippen molar-refractivity contribution in [1.29, 1.82) is 0 Å². The van der Waals surface area contributed by atoms with Crippen molar-refractivity contribution in [3.63, 3.8) is 0 Å². The number of carbonyl (C=O) groups excluding carboxylic acids is 4. The molecule has 3 N–H and O–H groups in total. The standard InChI is InChI=1S/C28H45N3O7/c1-8-11-18-31(26(35)23(19(4)9-2)30-27(36)38-28(5,6)7)24(20-12-14-21(32)15-13-20)25(34)29-17-16-22(33)37-10-3/h12-15,19,23-24,32H,8-11,16-18H2,1-7H3,(H,29,34)(H,30,36). The summed E-state index contributed by atoms with van der Waals surface area (Å²) in [4.78, 5) is 53.4. The molecule has 0 bridgehead atoms. The molecule has 3 amide bonds. The maximum atomic E-state index is 14.1. The number of esters is 1. The van der Waals surface area contributed by atoms with Gasteiger partial charge in [0.15, 0.2) is 0 Å². The Morgan fingerprint density at radius 2 is 1.68 bits per heavy atom. The van der Waals surface area contributed by atoms with Gasteiger partial charge >= 0.3 is 12.1 Å². The van der Waals surface area contributed by atoms with Crippen LogP contribution in [-0.4, -0.2) is 65.2 Å². The van der Waals surface area contributed by atoms with E-state index in [1.807, 2.05) is 20.8 Å². The molecule has 0 spiro atoms. The van der Waals surface area contributed by atoms with Crippen molar-refractivity contribution in [3.8, 4) is 5.75 Å². The molecule has 0 aliphatic carbocycles. The Labute approximate surface area is 226 Å². The Balaban J connectivity index is 3.40. The Kier molecular flexibility index (Phi) is 13.6. The molecule has 0 heterocycles. The number of hydrogen-bond acceptors (Lipinski definition) is 7. The maximum Gasteiger partial charge on any atom is 0.408 e. The largest absolute Gasteiger partial charge is 0.508 e. The van der Waals surface area contributed by atoms with E-state index in [-0.39, 0.29) is 37.8 Å². The molecule has 3 unspecified atom stereocenters. The van der Waals surface area contributed by atoms with Gasteiger partial charge in [0.25, 0.3) is 0 Å². The molecule has 10 nitrogen and oxygen atoms in total. The normalized spacial score (nSPS) is 13.6. The molecule has 0 aromatic heterocycles. The van der Waals surface area contributed by atoms with Crippen LogP contribution in [0.3, 0.4) is 0 Å². The highest BCUT2D eigenvalue weighted by molar-refractivity contribution is 5.92. The van der Waals surface area contributed by atoms with Crippen molar-refractivity contribution in [2.45, 2.75) is 91.8 Å². The van der Waals surface area contributed by atoms with E-state index in [1.165, 1.54) is 17.0 Å². The molecule has 0 aliphatic heterocycles. The van der Waals surface area contributed by atoms with Crippen LogP contribution in [0.1, 0.15) is 85.8 Å². The van der Waals surface area contributed by atoms with E-state index in [9.17, 15) is 24.3 Å². The van der Waals surface area contributed by atoms with Gasteiger partial charge in [-0.05, 0) is 57.7 Å². The third kappa shape index (κ3) is 11.0. The molecule has 0 saturated carbocycles. The van der Waals surface area contributed by atoms with E-state index < -0.39 is 41.6 Å². The minimum Gasteiger partial charge on any atom is -0.508 e. The number of ether oxygens (including phenoxy) is 2. The van der Waals surface area contributed by atoms with Gasteiger partial charge in [-0.1, -0.05) is 45.7 Å². The number of hydrogen-bond donors (Lipinski definition) is 3. The summed E-state index contributed by atoms with van der Waals surface area (Å²) in [7, 11) is 0. The summed E-state index contributed by atoms with van der Waals surface area (Å²) in [6.45, 7) is 13.2. The average molecular weight is 536 g/mol. The zero-order valence-corrected chi connectivity index (χ0v) is 23.8. The molecule has 1 rings (SSSR count). The molecule has 0 fully saturated rings. The Hall–Kier alpha value is -3.30. The van der Waals surface area contributed by atoms with Crippen molar-refractivity contribution in [2.75, 3.05) is 19.7 Å². The number of nitrogens with zero attached hydrogens (tertiary/aromatic N) is 1. The number of aromatic hydroxyl groups is 1. The molecule has 1 aromatic rings. The SMILES string of the molecule is CCCCN(C(=O)C(NC(=O)OC(C)(C)C)C(C)CC)C(C(=O)NCCC(=O)OCC)c1ccc(O)cc1. The summed E-state index contributed by atoms with van der Waals surface area (Å²) in [6.07, 6.45) is 1.26. The van der Waals surface area contributed by atoms with E-state index in [2.05, 4.69) is 10.6 Å². The summed E-state index contributed by atoms with van der Waals surface area (Å²) in [5.74, 6) is -1.56. The van der Waals surface area contributed by atoms with Gasteiger partial charge < -0.3 is 30.1 Å². The predicted molar refractivity (Wildman–Crippen MR) is 144 cm³/mol. The van der Waals surface area contributed by atoms with Crippen LogP contribution in [0.25, 0.3) is 0 Å². The molecule has 1 aromatic carbocycles. The third-order valence-electron chi connectivity index (χ3n) is 5.89. The lowest BCUT2D eigenvalue weighted by Crippen LogP contribution is -2.55. The van der Waals surface area contributed by atoms with E-state index in [0.29, 0.717) is 18.4 Å². The molecule has 214 valence electrons. The summed E-state index contributed by atoms with van der Waals surface area (Å²) < 4.78 is 10.3. The first kappa shape index (κ1) is 32.7. The number of alkyl carbamates (subject to hydrolysis) is 1. The van der Waals surface area contributed by atoms with E-state index in [1.54, 1.807) is 39.8 Å². The summed E-state index contributed by atoms with van der Waals surface area (Å²) >= 11 is 0. The van der Waals surface area contributed by atoms with Gasteiger partial charge in [0, 0.05) is 13.1 Å². The number of amides is 3. The molecule has 3 atom stereocenters. The molecule has 0 aliphatic rings. The minimum atomic E-state index is -1.05. The zero-order valence-electron chi connectivity index (χ0n) is 23.8. The van der Waals surface area contributed by atoms with Crippen LogP contribution in [0.2, 0.25) is 0 Å². The van der Waals surface area contributed by atoms with Crippen LogP contribution in [0, 0.1) is 5.92 Å². The first-order valence-corrected chi connectivity index (χ1v) is 13.4. The van der Waals surface area contributed by atoms with E-state index >= 15 is 0 Å². The average Bonchev–Trinajstić information content (AvgIpc) is 2.84. The molecular weight excluding hydrogens is 490 g/mol. The van der Waals surface area contributed by atoms with Crippen LogP contribution in [0.5, 0.6) is 5.75 Å². The van der Waals surface area contributed by atoms with Gasteiger partial charge in [0.2, 0.25) is 11.8 Å². The van der Waals surface area contributed by atoms with Gasteiger partial charge in [-0.15, -0.1) is 0 Å². The van der Waals surface area contributed by atoms with Crippen LogP contribution in [0.4, 0.5) is 4.79 Å². The quantitative estimate of drug-likeness (QED) is 0.306. The van der Waals surface area contributed by atoms with Crippen molar-refractivity contribution >= 4 is 23.9 Å². The van der Waals surface area contributed by atoms with Gasteiger partial charge in [-0.25, -0.2) is 4.79 Å². The monoisotopic (exact) mass is 535 g/mol. The number of phenolic OH excluding ortho intramolecular Hbond substituents is 1. The van der Waals surface area contributed by atoms with Crippen LogP contribution in [-0.2, 0) is 23.9 Å². The first-order valence-electron chi connectivity index (χ1n) is 13.4. The van der Waals surface area contributed by atoms with Gasteiger partial charge in [0.05, 0.1) is 13.0 Å². The van der Waals surface area contributed by atoms with Crippen LogP contribution < -0.4 is 10.6 Å². The highest BCUT2D eigenvalue weighted by Crippen LogP contribution is 2.26. The molecule has 10 heteroatoms. The maximum absolute atomic E-state index is 14.1. The summed E-state index contributed by atoms with van der Waals surface area (Å²) in [5, 5.41) is 15.3. The number of rotatable bonds is 14. The van der Waals surface area contributed by atoms with Crippen LogP contribution >= 0.6 is 0 Å². The predicted octanol–water partition coefficient (Wildman–Crippen LogP) is 4.07. The highest BCUT2D eigenvalue weighted by atomic mass is 16.6. The van der Waals surface area contributed by atoms with E-state index in [0.717, 1.165) is 6.42 Å². The lowest BCUT2D eigenvalue weighted by atomic mass is 9.95. The Morgan fingerprint density at radius 3 is 2.21 bits per heavy atom. The lowest BCUT2D eigenvalue weighted by Gasteiger charge is -2.36. The number of unbranched alkanes of at least 4 members (excludes halogenated alkanes) is 1. The second kappa shape index (κ2) is 15.8. The van der Waals surface area contributed by atoms with Crippen LogP contribution in [0.15, 0.2) is 24.3 Å².